The van der Waals surface area contributed by atoms with Crippen LogP contribution in [0.4, 0.5) is 0 Å². The first-order valence-electron chi connectivity index (χ1n) is 6.10. The molecule has 1 aliphatic heterocycles. The van der Waals surface area contributed by atoms with Crippen molar-refractivity contribution in [2.24, 2.45) is 5.73 Å². The van der Waals surface area contributed by atoms with Gasteiger partial charge in [0.15, 0.2) is 0 Å². The smallest absolute Gasteiger partial charge is 0.0221 e. The molecule has 1 saturated heterocycles. The maximum absolute atomic E-state index is 5.81. The number of hydrogen-bond acceptors (Lipinski definition) is 2. The molecule has 0 bridgehead atoms. The second kappa shape index (κ2) is 7.66. The third kappa shape index (κ3) is 4.63. The van der Waals surface area contributed by atoms with Gasteiger partial charge in [-0.05, 0) is 45.7 Å². The highest BCUT2D eigenvalue weighted by Gasteiger charge is 2.19. The summed E-state index contributed by atoms with van der Waals surface area (Å²) in [5.41, 5.74) is 5.81. The van der Waals surface area contributed by atoms with Crippen LogP contribution in [-0.4, -0.2) is 30.6 Å². The Hall–Kier alpha value is -0.600. The molecule has 2 N–H and O–H groups in total. The Labute approximate surface area is 93.8 Å². The Bertz CT molecular complexity index is 203. The third-order valence-corrected chi connectivity index (χ3v) is 3.04. The lowest BCUT2D eigenvalue weighted by Crippen LogP contribution is -2.38. The van der Waals surface area contributed by atoms with Gasteiger partial charge in [0.05, 0.1) is 0 Å². The molecule has 0 spiro atoms. The monoisotopic (exact) mass is 208 g/mol. The Morgan fingerprint density at radius 1 is 1.27 bits per heavy atom. The third-order valence-electron chi connectivity index (χ3n) is 3.04. The van der Waals surface area contributed by atoms with Gasteiger partial charge in [-0.2, -0.15) is 0 Å². The fourth-order valence-corrected chi connectivity index (χ4v) is 2.13. The van der Waals surface area contributed by atoms with E-state index in [9.17, 15) is 0 Å². The van der Waals surface area contributed by atoms with Crippen molar-refractivity contribution in [1.82, 2.24) is 4.90 Å². The molecule has 1 atom stereocenters. The maximum atomic E-state index is 5.81. The zero-order chi connectivity index (χ0) is 10.9. The van der Waals surface area contributed by atoms with E-state index in [-0.39, 0.29) is 0 Å². The average molecular weight is 208 g/mol. The van der Waals surface area contributed by atoms with E-state index in [2.05, 4.69) is 29.2 Å². The molecule has 1 heterocycles. The lowest BCUT2D eigenvalue weighted by Gasteiger charge is -2.25. The van der Waals surface area contributed by atoms with Crippen LogP contribution >= 0.6 is 0 Å². The second-order valence-electron chi connectivity index (χ2n) is 4.16. The molecule has 0 aromatic heterocycles. The number of rotatable bonds is 6. The molecule has 1 unspecified atom stereocenters. The van der Waals surface area contributed by atoms with Gasteiger partial charge < -0.3 is 5.73 Å². The van der Waals surface area contributed by atoms with Crippen LogP contribution in [0.5, 0.6) is 0 Å². The first-order chi connectivity index (χ1) is 7.38. The van der Waals surface area contributed by atoms with Gasteiger partial charge >= 0.3 is 0 Å². The SMILES string of the molecule is C/C=C\C=C/CCC(CN)N1CCCC1. The summed E-state index contributed by atoms with van der Waals surface area (Å²) in [6, 6.07) is 0.600. The van der Waals surface area contributed by atoms with Crippen molar-refractivity contribution in [1.29, 1.82) is 0 Å². The maximum Gasteiger partial charge on any atom is 0.0221 e. The summed E-state index contributed by atoms with van der Waals surface area (Å²) in [6.07, 6.45) is 13.5. The summed E-state index contributed by atoms with van der Waals surface area (Å²) in [6.45, 7) is 5.34. The topological polar surface area (TPSA) is 29.3 Å². The van der Waals surface area contributed by atoms with Crippen LogP contribution < -0.4 is 5.73 Å². The number of nitrogens with zero attached hydrogens (tertiary/aromatic N) is 1. The molecule has 0 amide bonds. The minimum Gasteiger partial charge on any atom is -0.329 e. The largest absolute Gasteiger partial charge is 0.329 e. The van der Waals surface area contributed by atoms with Gasteiger partial charge in [0.2, 0.25) is 0 Å². The van der Waals surface area contributed by atoms with Crippen LogP contribution in [0.25, 0.3) is 0 Å². The van der Waals surface area contributed by atoms with Gasteiger partial charge in [-0.25, -0.2) is 0 Å². The minimum absolute atomic E-state index is 0.600. The Morgan fingerprint density at radius 3 is 2.60 bits per heavy atom. The Balaban J connectivity index is 2.21. The van der Waals surface area contributed by atoms with Crippen molar-refractivity contribution in [3.05, 3.63) is 24.3 Å². The predicted molar refractivity (Wildman–Crippen MR) is 66.8 cm³/mol. The average Bonchev–Trinajstić information content (AvgIpc) is 2.77. The molecule has 1 fully saturated rings. The minimum atomic E-state index is 0.600. The fourth-order valence-electron chi connectivity index (χ4n) is 2.13. The summed E-state index contributed by atoms with van der Waals surface area (Å²) < 4.78 is 0. The highest BCUT2D eigenvalue weighted by atomic mass is 15.2. The van der Waals surface area contributed by atoms with E-state index in [4.69, 9.17) is 5.73 Å². The molecular weight excluding hydrogens is 184 g/mol. The predicted octanol–water partition coefficient (Wildman–Crippen LogP) is 2.32. The van der Waals surface area contributed by atoms with Gasteiger partial charge in [0.1, 0.15) is 0 Å². The van der Waals surface area contributed by atoms with Gasteiger partial charge in [-0.3, -0.25) is 4.90 Å². The van der Waals surface area contributed by atoms with Crippen molar-refractivity contribution in [3.8, 4) is 0 Å². The summed E-state index contributed by atoms with van der Waals surface area (Å²) in [5.74, 6) is 0. The van der Waals surface area contributed by atoms with Crippen molar-refractivity contribution >= 4 is 0 Å². The molecule has 1 aliphatic rings. The van der Waals surface area contributed by atoms with Crippen LogP contribution in [0.15, 0.2) is 24.3 Å². The van der Waals surface area contributed by atoms with E-state index in [0.717, 1.165) is 13.0 Å². The Morgan fingerprint density at radius 2 is 2.00 bits per heavy atom. The zero-order valence-corrected chi connectivity index (χ0v) is 9.86. The lowest BCUT2D eigenvalue weighted by atomic mass is 10.1. The van der Waals surface area contributed by atoms with Crippen LogP contribution in [0.2, 0.25) is 0 Å². The van der Waals surface area contributed by atoms with Crippen LogP contribution in [0, 0.1) is 0 Å². The number of likely N-dealkylation sites (tertiary alicyclic amines) is 1. The van der Waals surface area contributed by atoms with Gasteiger partial charge in [0, 0.05) is 12.6 Å². The van der Waals surface area contributed by atoms with Crippen molar-refractivity contribution in [2.45, 2.75) is 38.6 Å². The molecule has 0 saturated carbocycles. The van der Waals surface area contributed by atoms with Crippen LogP contribution in [0.1, 0.15) is 32.6 Å². The summed E-state index contributed by atoms with van der Waals surface area (Å²) in [4.78, 5) is 2.55. The van der Waals surface area contributed by atoms with E-state index in [1.165, 1.54) is 32.4 Å². The van der Waals surface area contributed by atoms with E-state index in [0.29, 0.717) is 6.04 Å². The van der Waals surface area contributed by atoms with E-state index in [1.807, 2.05) is 6.92 Å². The summed E-state index contributed by atoms with van der Waals surface area (Å²) in [5, 5.41) is 0. The normalized spacial score (nSPS) is 20.7. The van der Waals surface area contributed by atoms with Crippen LogP contribution in [-0.2, 0) is 0 Å². The number of hydrogen-bond donors (Lipinski definition) is 1. The van der Waals surface area contributed by atoms with Gasteiger partial charge in [-0.15, -0.1) is 0 Å². The lowest BCUT2D eigenvalue weighted by molar-refractivity contribution is 0.237. The molecule has 15 heavy (non-hydrogen) atoms. The van der Waals surface area contributed by atoms with E-state index < -0.39 is 0 Å². The summed E-state index contributed by atoms with van der Waals surface area (Å²) in [7, 11) is 0. The quantitative estimate of drug-likeness (QED) is 0.679. The molecule has 0 aromatic carbocycles. The highest BCUT2D eigenvalue weighted by molar-refractivity contribution is 5.01. The molecule has 0 aliphatic carbocycles. The van der Waals surface area contributed by atoms with Crippen molar-refractivity contribution < 1.29 is 0 Å². The molecule has 86 valence electrons. The molecule has 0 aromatic rings. The summed E-state index contributed by atoms with van der Waals surface area (Å²) >= 11 is 0. The standard InChI is InChI=1S/C13H24N2/c1-2-3-4-5-6-9-13(12-14)15-10-7-8-11-15/h2-5,13H,6-12,14H2,1H3/b3-2-,5-4-. The van der Waals surface area contributed by atoms with E-state index >= 15 is 0 Å². The number of nitrogens with two attached hydrogens (primary N) is 1. The molecular formula is C13H24N2. The van der Waals surface area contributed by atoms with Crippen molar-refractivity contribution in [3.63, 3.8) is 0 Å². The zero-order valence-electron chi connectivity index (χ0n) is 9.86. The van der Waals surface area contributed by atoms with Crippen LogP contribution in [0.3, 0.4) is 0 Å². The first kappa shape index (κ1) is 12.5. The van der Waals surface area contributed by atoms with Gasteiger partial charge in [-0.1, -0.05) is 24.3 Å². The molecule has 2 heteroatoms. The Kier molecular flexibility index (Phi) is 6.37. The first-order valence-corrected chi connectivity index (χ1v) is 6.10. The second-order valence-corrected chi connectivity index (χ2v) is 4.16. The fraction of sp³-hybridized carbons (Fsp3) is 0.692. The molecule has 0 radical (unpaired) electrons. The van der Waals surface area contributed by atoms with E-state index in [1.54, 1.807) is 0 Å². The number of allylic oxidation sites excluding steroid dienone is 4. The molecule has 1 rings (SSSR count). The van der Waals surface area contributed by atoms with Gasteiger partial charge in [0.25, 0.3) is 0 Å². The molecule has 2 nitrogen and oxygen atoms in total. The highest BCUT2D eigenvalue weighted by Crippen LogP contribution is 2.14. The van der Waals surface area contributed by atoms with Crippen molar-refractivity contribution in [2.75, 3.05) is 19.6 Å².